The van der Waals surface area contributed by atoms with E-state index in [2.05, 4.69) is 5.10 Å². The Balaban J connectivity index is 1.09. The van der Waals surface area contributed by atoms with Crippen LogP contribution in [0.25, 0.3) is 5.69 Å². The SMILES string of the molecule is O=C(CCc1cnn(-c2ccccc2)c1)N1CCN(C(=O)C2COc3ccccc3O2)CC1. The number of para-hydroxylation sites is 3. The summed E-state index contributed by atoms with van der Waals surface area (Å²) in [4.78, 5) is 29.2. The molecule has 2 aromatic carbocycles. The number of piperazine rings is 1. The number of rotatable bonds is 5. The van der Waals surface area contributed by atoms with E-state index in [4.69, 9.17) is 9.47 Å². The highest BCUT2D eigenvalue weighted by molar-refractivity contribution is 5.82. The molecule has 0 radical (unpaired) electrons. The largest absolute Gasteiger partial charge is 0.485 e. The Morgan fingerprint density at radius 3 is 2.39 bits per heavy atom. The molecule has 0 bridgehead atoms. The molecular formula is C25H26N4O4. The van der Waals surface area contributed by atoms with Crippen molar-refractivity contribution in [2.24, 2.45) is 0 Å². The predicted molar refractivity (Wildman–Crippen MR) is 121 cm³/mol. The Hall–Kier alpha value is -3.81. The van der Waals surface area contributed by atoms with Crippen molar-refractivity contribution in [3.63, 3.8) is 0 Å². The van der Waals surface area contributed by atoms with Crippen molar-refractivity contribution in [1.82, 2.24) is 19.6 Å². The zero-order chi connectivity index (χ0) is 22.6. The molecule has 33 heavy (non-hydrogen) atoms. The predicted octanol–water partition coefficient (Wildman–Crippen LogP) is 2.32. The first-order valence-corrected chi connectivity index (χ1v) is 11.2. The van der Waals surface area contributed by atoms with Crippen LogP contribution in [0.15, 0.2) is 67.0 Å². The molecule has 1 atom stereocenters. The van der Waals surface area contributed by atoms with Gasteiger partial charge in [-0.2, -0.15) is 5.10 Å². The van der Waals surface area contributed by atoms with Gasteiger partial charge in [-0.15, -0.1) is 0 Å². The summed E-state index contributed by atoms with van der Waals surface area (Å²) in [5.41, 5.74) is 2.02. The van der Waals surface area contributed by atoms with E-state index < -0.39 is 6.10 Å². The van der Waals surface area contributed by atoms with Crippen LogP contribution in [0.2, 0.25) is 0 Å². The summed E-state index contributed by atoms with van der Waals surface area (Å²) < 4.78 is 13.3. The number of benzene rings is 2. The molecule has 3 aromatic rings. The lowest BCUT2D eigenvalue weighted by atomic mass is 10.1. The standard InChI is InChI=1S/C25H26N4O4/c30-24(11-10-19-16-26-29(17-19)20-6-2-1-3-7-20)27-12-14-28(15-13-27)25(31)23-18-32-21-8-4-5-9-22(21)33-23/h1-9,16-17,23H,10-15,18H2. The molecule has 1 aromatic heterocycles. The smallest absolute Gasteiger partial charge is 0.267 e. The van der Waals surface area contributed by atoms with Gasteiger partial charge in [0, 0.05) is 38.8 Å². The van der Waals surface area contributed by atoms with Crippen molar-refractivity contribution in [3.8, 4) is 17.2 Å². The lowest BCUT2D eigenvalue weighted by Gasteiger charge is -2.37. The number of hydrogen-bond acceptors (Lipinski definition) is 5. The van der Waals surface area contributed by atoms with Crippen molar-refractivity contribution in [2.45, 2.75) is 18.9 Å². The highest BCUT2D eigenvalue weighted by Gasteiger charge is 2.33. The summed E-state index contributed by atoms with van der Waals surface area (Å²) in [6.07, 6.45) is 4.18. The maximum Gasteiger partial charge on any atom is 0.267 e. The number of hydrogen-bond donors (Lipinski definition) is 0. The lowest BCUT2D eigenvalue weighted by Crippen LogP contribution is -2.55. The highest BCUT2D eigenvalue weighted by Crippen LogP contribution is 2.31. The molecule has 2 amide bonds. The number of amides is 2. The monoisotopic (exact) mass is 446 g/mol. The highest BCUT2D eigenvalue weighted by atomic mass is 16.6. The van der Waals surface area contributed by atoms with Gasteiger partial charge >= 0.3 is 0 Å². The Morgan fingerprint density at radius 2 is 1.61 bits per heavy atom. The van der Waals surface area contributed by atoms with Crippen LogP contribution in [-0.4, -0.2) is 70.3 Å². The number of fused-ring (bicyclic) bond motifs is 1. The first-order valence-electron chi connectivity index (χ1n) is 11.2. The minimum atomic E-state index is -0.650. The van der Waals surface area contributed by atoms with Gasteiger partial charge in [-0.25, -0.2) is 4.68 Å². The topological polar surface area (TPSA) is 76.9 Å². The maximum atomic E-state index is 12.9. The van der Waals surface area contributed by atoms with Crippen LogP contribution in [-0.2, 0) is 16.0 Å². The van der Waals surface area contributed by atoms with Crippen molar-refractivity contribution in [2.75, 3.05) is 32.8 Å². The van der Waals surface area contributed by atoms with Gasteiger partial charge in [-0.1, -0.05) is 30.3 Å². The number of aromatic nitrogens is 2. The molecule has 1 unspecified atom stereocenters. The molecule has 8 heteroatoms. The van der Waals surface area contributed by atoms with Gasteiger partial charge in [0.1, 0.15) is 6.61 Å². The Bertz CT molecular complexity index is 1120. The molecule has 2 aliphatic rings. The molecule has 1 saturated heterocycles. The van der Waals surface area contributed by atoms with Gasteiger partial charge in [0.25, 0.3) is 5.91 Å². The number of carbonyl (C=O) groups is 2. The number of ether oxygens (including phenoxy) is 2. The molecular weight excluding hydrogens is 420 g/mol. The zero-order valence-corrected chi connectivity index (χ0v) is 18.3. The first kappa shape index (κ1) is 21.1. The van der Waals surface area contributed by atoms with Crippen molar-refractivity contribution in [3.05, 3.63) is 72.6 Å². The molecule has 8 nitrogen and oxygen atoms in total. The Morgan fingerprint density at radius 1 is 0.909 bits per heavy atom. The van der Waals surface area contributed by atoms with Gasteiger partial charge < -0.3 is 19.3 Å². The second-order valence-corrected chi connectivity index (χ2v) is 8.20. The van der Waals surface area contributed by atoms with Gasteiger partial charge in [-0.05, 0) is 36.2 Å². The molecule has 0 aliphatic carbocycles. The fourth-order valence-electron chi connectivity index (χ4n) is 4.14. The van der Waals surface area contributed by atoms with Crippen LogP contribution in [0.4, 0.5) is 0 Å². The van der Waals surface area contributed by atoms with Gasteiger partial charge in [-0.3, -0.25) is 9.59 Å². The second-order valence-electron chi connectivity index (χ2n) is 8.20. The molecule has 0 saturated carbocycles. The molecule has 1 fully saturated rings. The zero-order valence-electron chi connectivity index (χ0n) is 18.3. The lowest BCUT2D eigenvalue weighted by molar-refractivity contribution is -0.146. The third-order valence-electron chi connectivity index (χ3n) is 6.01. The fourth-order valence-corrected chi connectivity index (χ4v) is 4.14. The van der Waals surface area contributed by atoms with Crippen molar-refractivity contribution >= 4 is 11.8 Å². The molecule has 5 rings (SSSR count). The van der Waals surface area contributed by atoms with Crippen LogP contribution in [0.3, 0.4) is 0 Å². The van der Waals surface area contributed by atoms with E-state index in [-0.39, 0.29) is 18.4 Å². The quantitative estimate of drug-likeness (QED) is 0.601. The van der Waals surface area contributed by atoms with E-state index in [0.29, 0.717) is 50.5 Å². The number of carbonyl (C=O) groups excluding carboxylic acids is 2. The van der Waals surface area contributed by atoms with Crippen molar-refractivity contribution < 1.29 is 19.1 Å². The van der Waals surface area contributed by atoms with Crippen LogP contribution in [0.1, 0.15) is 12.0 Å². The average Bonchev–Trinajstić information content (AvgIpc) is 3.36. The van der Waals surface area contributed by atoms with Crippen molar-refractivity contribution in [1.29, 1.82) is 0 Å². The van der Waals surface area contributed by atoms with E-state index >= 15 is 0 Å². The average molecular weight is 447 g/mol. The first-order chi connectivity index (χ1) is 16.2. The summed E-state index contributed by atoms with van der Waals surface area (Å²) >= 11 is 0. The van der Waals surface area contributed by atoms with Gasteiger partial charge in [0.05, 0.1) is 11.9 Å². The molecule has 0 N–H and O–H groups in total. The molecule has 3 heterocycles. The molecule has 2 aliphatic heterocycles. The second kappa shape index (κ2) is 9.36. The minimum absolute atomic E-state index is 0.0927. The Kier molecular flexibility index (Phi) is 5.97. The van der Waals surface area contributed by atoms with Gasteiger partial charge in [0.15, 0.2) is 11.5 Å². The molecule has 170 valence electrons. The third-order valence-corrected chi connectivity index (χ3v) is 6.01. The maximum absolute atomic E-state index is 12.9. The van der Waals surface area contributed by atoms with Crippen LogP contribution in [0, 0.1) is 0 Å². The summed E-state index contributed by atoms with van der Waals surface area (Å²) in [6, 6.07) is 17.2. The summed E-state index contributed by atoms with van der Waals surface area (Å²) in [5, 5.41) is 4.39. The fraction of sp³-hybridized carbons (Fsp3) is 0.320. The summed E-state index contributed by atoms with van der Waals surface area (Å²) in [7, 11) is 0. The van der Waals surface area contributed by atoms with Crippen LogP contribution in [0.5, 0.6) is 11.5 Å². The van der Waals surface area contributed by atoms with E-state index in [1.54, 1.807) is 17.2 Å². The Labute approximate surface area is 192 Å². The van der Waals surface area contributed by atoms with E-state index in [1.165, 1.54) is 0 Å². The summed E-state index contributed by atoms with van der Waals surface area (Å²) in [5.74, 6) is 1.25. The van der Waals surface area contributed by atoms with E-state index in [0.717, 1.165) is 11.3 Å². The molecule has 0 spiro atoms. The van der Waals surface area contributed by atoms with E-state index in [1.807, 2.05) is 64.3 Å². The van der Waals surface area contributed by atoms with Gasteiger partial charge in [0.2, 0.25) is 12.0 Å². The normalized spacial score (nSPS) is 17.6. The third kappa shape index (κ3) is 4.69. The number of nitrogens with zero attached hydrogens (tertiary/aromatic N) is 4. The number of aryl methyl sites for hydroxylation is 1. The van der Waals surface area contributed by atoms with Crippen LogP contribution >= 0.6 is 0 Å². The minimum Gasteiger partial charge on any atom is -0.485 e. The summed E-state index contributed by atoms with van der Waals surface area (Å²) in [6.45, 7) is 2.25. The van der Waals surface area contributed by atoms with Crippen LogP contribution < -0.4 is 9.47 Å². The van der Waals surface area contributed by atoms with E-state index in [9.17, 15) is 9.59 Å².